The minimum atomic E-state index is -0.750. The lowest BCUT2D eigenvalue weighted by molar-refractivity contribution is -0.249. The highest BCUT2D eigenvalue weighted by Gasteiger charge is 1.99. The number of carbonyl (C=O) groups excluding carboxylic acids is 2. The average Bonchev–Trinajstić information content (AvgIpc) is 2.16. The van der Waals surface area contributed by atoms with Gasteiger partial charge in [0.05, 0.1) is 13.7 Å². The molecule has 0 rings (SSSR count). The predicted octanol–water partition coefficient (Wildman–Crippen LogP) is 0.990. The number of hydrogen-bond donors (Lipinski definition) is 0. The van der Waals surface area contributed by atoms with Crippen LogP contribution in [0.2, 0.25) is 0 Å². The number of rotatable bonds is 6. The largest absolute Gasteiger partial charge is 0.463 e. The highest BCUT2D eigenvalue weighted by Crippen LogP contribution is 1.90. The van der Waals surface area contributed by atoms with Crippen molar-refractivity contribution in [3.63, 3.8) is 0 Å². The fraction of sp³-hybridized carbons (Fsp3) is 0.556. The first-order chi connectivity index (χ1) is 6.70. The van der Waals surface area contributed by atoms with E-state index in [2.05, 4.69) is 9.78 Å². The fourth-order valence-electron chi connectivity index (χ4n) is 0.611. The molecular weight excluding hydrogens is 188 g/mol. The number of esters is 1. The molecule has 0 amide bonds. The van der Waals surface area contributed by atoms with E-state index in [4.69, 9.17) is 4.74 Å². The van der Waals surface area contributed by atoms with Gasteiger partial charge in [-0.1, -0.05) is 13.3 Å². The summed E-state index contributed by atoms with van der Waals surface area (Å²) in [6, 6.07) is 0. The summed E-state index contributed by atoms with van der Waals surface area (Å²) >= 11 is 0. The van der Waals surface area contributed by atoms with Crippen molar-refractivity contribution in [3.05, 3.63) is 12.2 Å². The molecule has 0 spiro atoms. The van der Waals surface area contributed by atoms with E-state index in [1.807, 2.05) is 6.92 Å². The van der Waals surface area contributed by atoms with Crippen LogP contribution in [0.4, 0.5) is 0 Å². The maximum Gasteiger partial charge on any atom is 0.366 e. The molecule has 0 aromatic rings. The SMILES string of the molecule is CCCCOC(=O)C=CC(=O)OOC. The van der Waals surface area contributed by atoms with E-state index in [1.165, 1.54) is 7.11 Å². The van der Waals surface area contributed by atoms with Gasteiger partial charge in [-0.15, -0.1) is 0 Å². The second-order valence-electron chi connectivity index (χ2n) is 2.42. The molecule has 0 radical (unpaired) electrons. The van der Waals surface area contributed by atoms with Crippen molar-refractivity contribution in [2.24, 2.45) is 0 Å². The van der Waals surface area contributed by atoms with Crippen LogP contribution in [-0.4, -0.2) is 25.7 Å². The predicted molar refractivity (Wildman–Crippen MR) is 48.1 cm³/mol. The normalized spacial score (nSPS) is 10.1. The van der Waals surface area contributed by atoms with E-state index in [-0.39, 0.29) is 0 Å². The lowest BCUT2D eigenvalue weighted by atomic mass is 10.4. The smallest absolute Gasteiger partial charge is 0.366 e. The summed E-state index contributed by atoms with van der Waals surface area (Å²) in [5.41, 5.74) is 0. The van der Waals surface area contributed by atoms with Crippen LogP contribution >= 0.6 is 0 Å². The van der Waals surface area contributed by atoms with Crippen molar-refractivity contribution < 1.29 is 24.1 Å². The molecule has 0 saturated heterocycles. The van der Waals surface area contributed by atoms with Crippen molar-refractivity contribution in [2.45, 2.75) is 19.8 Å². The molecule has 0 fully saturated rings. The Hall–Kier alpha value is -1.36. The lowest BCUT2D eigenvalue weighted by Crippen LogP contribution is -2.04. The summed E-state index contributed by atoms with van der Waals surface area (Å²) in [6.45, 7) is 2.35. The molecule has 0 unspecified atom stereocenters. The van der Waals surface area contributed by atoms with Crippen LogP contribution < -0.4 is 0 Å². The summed E-state index contributed by atoms with van der Waals surface area (Å²) < 4.78 is 4.74. The van der Waals surface area contributed by atoms with Crippen LogP contribution in [0.15, 0.2) is 12.2 Å². The van der Waals surface area contributed by atoms with Gasteiger partial charge in [-0.05, 0) is 6.42 Å². The van der Waals surface area contributed by atoms with Crippen molar-refractivity contribution in [1.82, 2.24) is 0 Å². The van der Waals surface area contributed by atoms with Gasteiger partial charge in [0.1, 0.15) is 0 Å². The summed E-state index contributed by atoms with van der Waals surface area (Å²) in [5, 5.41) is 0. The molecule has 0 bridgehead atoms. The maximum atomic E-state index is 10.9. The van der Waals surface area contributed by atoms with Crippen LogP contribution in [0.1, 0.15) is 19.8 Å². The first-order valence-corrected chi connectivity index (χ1v) is 4.30. The summed E-state index contributed by atoms with van der Waals surface area (Å²) in [4.78, 5) is 29.7. The topological polar surface area (TPSA) is 61.8 Å². The minimum absolute atomic E-state index is 0.360. The average molecular weight is 202 g/mol. The molecule has 0 aromatic carbocycles. The molecule has 0 saturated carbocycles. The maximum absolute atomic E-state index is 10.9. The number of ether oxygens (including phenoxy) is 1. The van der Waals surface area contributed by atoms with Crippen LogP contribution in [-0.2, 0) is 24.1 Å². The van der Waals surface area contributed by atoms with Gasteiger partial charge in [-0.25, -0.2) is 9.59 Å². The highest BCUT2D eigenvalue weighted by molar-refractivity contribution is 5.91. The number of carbonyl (C=O) groups is 2. The molecule has 0 aliphatic rings. The Bertz CT molecular complexity index is 209. The van der Waals surface area contributed by atoms with Crippen LogP contribution in [0.25, 0.3) is 0 Å². The molecule has 0 heterocycles. The molecule has 5 heteroatoms. The first kappa shape index (κ1) is 12.6. The van der Waals surface area contributed by atoms with E-state index in [9.17, 15) is 9.59 Å². The number of hydrogen-bond acceptors (Lipinski definition) is 5. The van der Waals surface area contributed by atoms with E-state index in [0.717, 1.165) is 25.0 Å². The van der Waals surface area contributed by atoms with Crippen molar-refractivity contribution in [2.75, 3.05) is 13.7 Å². The van der Waals surface area contributed by atoms with Crippen molar-refractivity contribution in [1.29, 1.82) is 0 Å². The van der Waals surface area contributed by atoms with E-state index >= 15 is 0 Å². The fourth-order valence-corrected chi connectivity index (χ4v) is 0.611. The van der Waals surface area contributed by atoms with E-state index < -0.39 is 11.9 Å². The summed E-state index contributed by atoms with van der Waals surface area (Å²) in [5.74, 6) is -1.31. The Kier molecular flexibility index (Phi) is 7.45. The monoisotopic (exact) mass is 202 g/mol. The van der Waals surface area contributed by atoms with Crippen molar-refractivity contribution in [3.8, 4) is 0 Å². The second-order valence-corrected chi connectivity index (χ2v) is 2.42. The van der Waals surface area contributed by atoms with Crippen LogP contribution in [0.3, 0.4) is 0 Å². The zero-order valence-corrected chi connectivity index (χ0v) is 8.32. The standard InChI is InChI=1S/C9H14O5/c1-3-4-7-13-8(10)5-6-9(11)14-12-2/h5-6H,3-4,7H2,1-2H3. The van der Waals surface area contributed by atoms with Crippen LogP contribution in [0, 0.1) is 0 Å². The molecule has 0 aliphatic heterocycles. The van der Waals surface area contributed by atoms with Gasteiger partial charge in [-0.3, -0.25) is 4.89 Å². The Morgan fingerprint density at radius 2 is 1.86 bits per heavy atom. The molecule has 80 valence electrons. The third-order valence-electron chi connectivity index (χ3n) is 1.26. The Labute approximate surface area is 82.6 Å². The highest BCUT2D eigenvalue weighted by atomic mass is 17.2. The summed E-state index contributed by atoms with van der Waals surface area (Å²) in [6.07, 6.45) is 3.69. The Morgan fingerprint density at radius 1 is 1.21 bits per heavy atom. The van der Waals surface area contributed by atoms with Gasteiger partial charge < -0.3 is 4.74 Å². The molecular formula is C9H14O5. The van der Waals surface area contributed by atoms with E-state index in [1.54, 1.807) is 0 Å². The van der Waals surface area contributed by atoms with Gasteiger partial charge in [0.15, 0.2) is 0 Å². The van der Waals surface area contributed by atoms with Gasteiger partial charge in [0.2, 0.25) is 0 Å². The molecule has 5 nitrogen and oxygen atoms in total. The third-order valence-corrected chi connectivity index (χ3v) is 1.26. The molecule has 0 N–H and O–H groups in total. The Balaban J connectivity index is 3.64. The van der Waals surface area contributed by atoms with Crippen LogP contribution in [0.5, 0.6) is 0 Å². The third kappa shape index (κ3) is 7.30. The zero-order valence-electron chi connectivity index (χ0n) is 8.32. The van der Waals surface area contributed by atoms with Gasteiger partial charge in [0, 0.05) is 12.2 Å². The zero-order chi connectivity index (χ0) is 10.8. The van der Waals surface area contributed by atoms with Crippen molar-refractivity contribution >= 4 is 11.9 Å². The molecule has 0 atom stereocenters. The number of unbranched alkanes of at least 4 members (excludes halogenated alkanes) is 1. The van der Waals surface area contributed by atoms with Gasteiger partial charge in [-0.2, -0.15) is 4.89 Å². The quantitative estimate of drug-likeness (QED) is 0.211. The molecule has 14 heavy (non-hydrogen) atoms. The van der Waals surface area contributed by atoms with Gasteiger partial charge in [0.25, 0.3) is 0 Å². The summed E-state index contributed by atoms with van der Waals surface area (Å²) in [7, 11) is 1.20. The Morgan fingerprint density at radius 3 is 2.43 bits per heavy atom. The van der Waals surface area contributed by atoms with Gasteiger partial charge >= 0.3 is 11.9 Å². The second kappa shape index (κ2) is 8.25. The first-order valence-electron chi connectivity index (χ1n) is 4.30. The molecule has 0 aliphatic carbocycles. The lowest BCUT2D eigenvalue weighted by Gasteiger charge is -1.98. The van der Waals surface area contributed by atoms with E-state index in [0.29, 0.717) is 6.61 Å². The molecule has 0 aromatic heterocycles. The minimum Gasteiger partial charge on any atom is -0.463 e.